The van der Waals surface area contributed by atoms with Gasteiger partial charge in [0, 0.05) is 13.2 Å². The van der Waals surface area contributed by atoms with E-state index in [4.69, 9.17) is 33.2 Å². The van der Waals surface area contributed by atoms with Crippen LogP contribution in [0.3, 0.4) is 0 Å². The zero-order valence-electron chi connectivity index (χ0n) is 31.7. The van der Waals surface area contributed by atoms with E-state index in [0.717, 1.165) is 77.4 Å². The van der Waals surface area contributed by atoms with Crippen LogP contribution in [0, 0.1) is 0 Å². The van der Waals surface area contributed by atoms with Gasteiger partial charge in [0.2, 0.25) is 0 Å². The first-order valence-corrected chi connectivity index (χ1v) is 19.0. The number of carbonyl (C=O) groups is 3. The third kappa shape index (κ3) is 17.3. The molecule has 0 heterocycles. The molecule has 10 heteroatoms. The Kier molecular flexibility index (Phi) is 21.6. The summed E-state index contributed by atoms with van der Waals surface area (Å²) in [5.41, 5.74) is 0.543. The third-order valence-electron chi connectivity index (χ3n) is 8.12. The highest BCUT2D eigenvalue weighted by Crippen LogP contribution is 2.28. The van der Waals surface area contributed by atoms with Gasteiger partial charge in [-0.05, 0) is 112 Å². The molecule has 3 aromatic carbocycles. The highest BCUT2D eigenvalue weighted by molar-refractivity contribution is 5.97. The van der Waals surface area contributed by atoms with Crippen LogP contribution in [-0.4, -0.2) is 64.2 Å². The molecule has 0 saturated heterocycles. The Balaban J connectivity index is 1.54. The van der Waals surface area contributed by atoms with E-state index < -0.39 is 17.9 Å². The van der Waals surface area contributed by atoms with E-state index in [1.165, 1.54) is 18.2 Å². The van der Waals surface area contributed by atoms with E-state index in [1.54, 1.807) is 60.7 Å². The van der Waals surface area contributed by atoms with E-state index in [2.05, 4.69) is 13.2 Å². The fraction of sp³-hybridized carbons (Fsp3) is 0.432. The quantitative estimate of drug-likeness (QED) is 0.0294. The summed E-state index contributed by atoms with van der Waals surface area (Å²) in [6.07, 6.45) is 14.0. The number of carbonyl (C=O) groups excluding carboxylic acids is 3. The number of benzene rings is 3. The maximum absolute atomic E-state index is 13.2. The number of hydrogen-bond donors (Lipinski definition) is 0. The zero-order chi connectivity index (χ0) is 38.6. The SMILES string of the molecule is C=CCOCCCCCCOc1ccc(C(=O)Oc2ccc(OC(=O)c3ccc(OCCCCCCOCC=C)cc3)c(C(=O)OCCCCC)c2)cc1. The van der Waals surface area contributed by atoms with Crippen LogP contribution >= 0.6 is 0 Å². The van der Waals surface area contributed by atoms with Gasteiger partial charge in [-0.15, -0.1) is 13.2 Å². The Bertz CT molecular complexity index is 1550. The molecule has 0 radical (unpaired) electrons. The maximum atomic E-state index is 13.2. The second kappa shape index (κ2) is 26.8. The average molecular weight is 745 g/mol. The summed E-state index contributed by atoms with van der Waals surface area (Å²) in [6, 6.07) is 17.5. The average Bonchev–Trinajstić information content (AvgIpc) is 3.19. The van der Waals surface area contributed by atoms with Crippen LogP contribution < -0.4 is 18.9 Å². The summed E-state index contributed by atoms with van der Waals surface area (Å²) in [4.78, 5) is 39.3. The van der Waals surface area contributed by atoms with E-state index in [9.17, 15) is 14.4 Å². The summed E-state index contributed by atoms with van der Waals surface area (Å²) in [5.74, 6) is -0.614. The predicted molar refractivity (Wildman–Crippen MR) is 209 cm³/mol. The Morgan fingerprint density at radius 2 is 0.981 bits per heavy atom. The van der Waals surface area contributed by atoms with Crippen LogP contribution in [0.25, 0.3) is 0 Å². The maximum Gasteiger partial charge on any atom is 0.343 e. The minimum absolute atomic E-state index is 0.0157. The smallest absolute Gasteiger partial charge is 0.343 e. The summed E-state index contributed by atoms with van der Waals surface area (Å²) < 4.78 is 39.1. The molecule has 0 atom stereocenters. The first-order valence-electron chi connectivity index (χ1n) is 19.0. The van der Waals surface area contributed by atoms with Crippen molar-refractivity contribution in [3.05, 3.63) is 109 Å². The van der Waals surface area contributed by atoms with Crippen molar-refractivity contribution in [1.82, 2.24) is 0 Å². The number of unbranched alkanes of at least 4 members (excludes halogenated alkanes) is 8. The van der Waals surface area contributed by atoms with Gasteiger partial charge >= 0.3 is 17.9 Å². The molecule has 0 spiro atoms. The topological polar surface area (TPSA) is 116 Å². The molecule has 292 valence electrons. The van der Waals surface area contributed by atoms with Crippen LogP contribution in [0.4, 0.5) is 0 Å². The third-order valence-corrected chi connectivity index (χ3v) is 8.12. The van der Waals surface area contributed by atoms with Gasteiger partial charge in [0.25, 0.3) is 0 Å². The van der Waals surface area contributed by atoms with Gasteiger partial charge in [0.15, 0.2) is 0 Å². The molecule has 0 saturated carbocycles. The molecule has 0 bridgehead atoms. The van der Waals surface area contributed by atoms with Gasteiger partial charge in [-0.1, -0.05) is 44.8 Å². The van der Waals surface area contributed by atoms with Gasteiger partial charge in [0.1, 0.15) is 28.6 Å². The normalized spacial score (nSPS) is 10.7. The highest BCUT2D eigenvalue weighted by atomic mass is 16.6. The minimum atomic E-state index is -0.692. The molecule has 3 rings (SSSR count). The molecule has 0 aliphatic rings. The summed E-state index contributed by atoms with van der Waals surface area (Å²) >= 11 is 0. The molecule has 10 nitrogen and oxygen atoms in total. The molecule has 3 aromatic rings. The van der Waals surface area contributed by atoms with E-state index in [1.807, 2.05) is 6.92 Å². The molecule has 0 aromatic heterocycles. The van der Waals surface area contributed by atoms with Gasteiger partial charge in [-0.3, -0.25) is 0 Å². The van der Waals surface area contributed by atoms with Crippen molar-refractivity contribution in [2.45, 2.75) is 77.6 Å². The first-order chi connectivity index (χ1) is 26.4. The van der Waals surface area contributed by atoms with Crippen LogP contribution in [0.1, 0.15) is 109 Å². The van der Waals surface area contributed by atoms with Gasteiger partial charge in [-0.2, -0.15) is 0 Å². The lowest BCUT2D eigenvalue weighted by molar-refractivity contribution is 0.0490. The number of esters is 3. The second-order valence-electron chi connectivity index (χ2n) is 12.6. The van der Waals surface area contributed by atoms with Crippen LogP contribution in [-0.2, 0) is 14.2 Å². The predicted octanol–water partition coefficient (Wildman–Crippen LogP) is 9.76. The zero-order valence-corrected chi connectivity index (χ0v) is 31.7. The van der Waals surface area contributed by atoms with Crippen molar-refractivity contribution in [3.63, 3.8) is 0 Å². The fourth-order valence-electron chi connectivity index (χ4n) is 5.15. The Morgan fingerprint density at radius 1 is 0.519 bits per heavy atom. The fourth-order valence-corrected chi connectivity index (χ4v) is 5.15. The van der Waals surface area contributed by atoms with Crippen molar-refractivity contribution in [1.29, 1.82) is 0 Å². The number of hydrogen-bond acceptors (Lipinski definition) is 10. The van der Waals surface area contributed by atoms with Crippen molar-refractivity contribution in [3.8, 4) is 23.0 Å². The molecule has 0 unspecified atom stereocenters. The minimum Gasteiger partial charge on any atom is -0.494 e. The molecule has 0 aliphatic carbocycles. The Labute approximate surface area is 320 Å². The van der Waals surface area contributed by atoms with Crippen molar-refractivity contribution < 1.29 is 47.5 Å². The lowest BCUT2D eigenvalue weighted by Crippen LogP contribution is -2.14. The lowest BCUT2D eigenvalue weighted by atomic mass is 10.1. The number of rotatable bonds is 29. The summed E-state index contributed by atoms with van der Waals surface area (Å²) in [6.45, 7) is 13.3. The molecular weight excluding hydrogens is 688 g/mol. The summed E-state index contributed by atoms with van der Waals surface area (Å²) in [7, 11) is 0. The largest absolute Gasteiger partial charge is 0.494 e. The Hall–Kier alpha value is -4.93. The highest BCUT2D eigenvalue weighted by Gasteiger charge is 2.21. The molecular formula is C44H56O10. The summed E-state index contributed by atoms with van der Waals surface area (Å²) in [5, 5.41) is 0. The molecule has 0 fully saturated rings. The van der Waals surface area contributed by atoms with Crippen molar-refractivity contribution in [2.24, 2.45) is 0 Å². The monoisotopic (exact) mass is 744 g/mol. The van der Waals surface area contributed by atoms with E-state index >= 15 is 0 Å². The van der Waals surface area contributed by atoms with E-state index in [-0.39, 0.29) is 29.2 Å². The number of ether oxygens (including phenoxy) is 7. The van der Waals surface area contributed by atoms with Crippen LogP contribution in [0.5, 0.6) is 23.0 Å². The van der Waals surface area contributed by atoms with Gasteiger partial charge < -0.3 is 33.2 Å². The van der Waals surface area contributed by atoms with Crippen molar-refractivity contribution >= 4 is 17.9 Å². The molecule has 0 N–H and O–H groups in total. The van der Waals surface area contributed by atoms with Gasteiger partial charge in [-0.25, -0.2) is 14.4 Å². The van der Waals surface area contributed by atoms with E-state index in [0.29, 0.717) is 49.9 Å². The first kappa shape index (κ1) is 43.5. The van der Waals surface area contributed by atoms with Crippen molar-refractivity contribution in [2.75, 3.05) is 46.2 Å². The molecule has 54 heavy (non-hydrogen) atoms. The standard InChI is InChI=1S/C44H56O10/c1-4-7-12-33-52-44(47)40-34-39(53-42(45)35-17-21-37(22-18-35)50-31-15-10-8-13-29-48-27-5-2)25-26-41(40)54-43(46)36-19-23-38(24-20-36)51-32-16-11-9-14-30-49-28-6-3/h5-6,17-26,34H,2-4,7-16,27-33H2,1H3. The molecule has 0 aliphatic heterocycles. The van der Waals surface area contributed by atoms with Crippen LogP contribution in [0.2, 0.25) is 0 Å². The van der Waals surface area contributed by atoms with Crippen LogP contribution in [0.15, 0.2) is 92.0 Å². The van der Waals surface area contributed by atoms with Gasteiger partial charge in [0.05, 0.1) is 44.2 Å². The lowest BCUT2D eigenvalue weighted by Gasteiger charge is -2.13. The molecule has 0 amide bonds. The Morgan fingerprint density at radius 3 is 1.48 bits per heavy atom. The second-order valence-corrected chi connectivity index (χ2v) is 12.6.